The molecule has 0 spiro atoms. The van der Waals surface area contributed by atoms with E-state index in [0.717, 1.165) is 10.4 Å². The molecular formula is C10H10F3NO4S2. The Labute approximate surface area is 114 Å². The van der Waals surface area contributed by atoms with Gasteiger partial charge < -0.3 is 0 Å². The lowest BCUT2D eigenvalue weighted by Crippen LogP contribution is -2.29. The first-order chi connectivity index (χ1) is 9.12. The lowest BCUT2D eigenvalue weighted by atomic mass is 10.3. The van der Waals surface area contributed by atoms with Crippen molar-refractivity contribution < 1.29 is 29.5 Å². The van der Waals surface area contributed by atoms with E-state index in [-0.39, 0.29) is 19.5 Å². The van der Waals surface area contributed by atoms with Crippen molar-refractivity contribution in [3.8, 4) is 0 Å². The third-order valence-electron chi connectivity index (χ3n) is 2.90. The molecule has 10 heteroatoms. The van der Waals surface area contributed by atoms with Crippen LogP contribution in [0, 0.1) is 5.82 Å². The average Bonchev–Trinajstić information content (AvgIpc) is 2.75. The maximum atomic E-state index is 13.2. The molecule has 0 amide bonds. The van der Waals surface area contributed by atoms with E-state index in [1.54, 1.807) is 0 Å². The van der Waals surface area contributed by atoms with Gasteiger partial charge in [-0.2, -0.15) is 12.7 Å². The van der Waals surface area contributed by atoms with E-state index in [1.807, 2.05) is 0 Å². The summed E-state index contributed by atoms with van der Waals surface area (Å²) < 4.78 is 85.5. The fourth-order valence-corrected chi connectivity index (χ4v) is 4.04. The van der Waals surface area contributed by atoms with Crippen molar-refractivity contribution in [1.82, 2.24) is 4.31 Å². The van der Waals surface area contributed by atoms with Crippen LogP contribution in [0.25, 0.3) is 0 Å². The summed E-state index contributed by atoms with van der Waals surface area (Å²) in [5, 5.41) is 0. The van der Waals surface area contributed by atoms with E-state index in [2.05, 4.69) is 0 Å². The minimum Gasteiger partial charge on any atom is -0.246 e. The van der Waals surface area contributed by atoms with E-state index in [0.29, 0.717) is 12.1 Å². The number of alkyl halides is 1. The molecule has 0 aromatic heterocycles. The number of rotatable bonds is 3. The van der Waals surface area contributed by atoms with Gasteiger partial charge in [-0.1, -0.05) is 0 Å². The molecule has 1 aromatic rings. The lowest BCUT2D eigenvalue weighted by molar-refractivity contribution is 0.343. The van der Waals surface area contributed by atoms with E-state index in [4.69, 9.17) is 0 Å². The van der Waals surface area contributed by atoms with Gasteiger partial charge in [0.1, 0.15) is 16.9 Å². The molecule has 1 atom stereocenters. The molecule has 0 radical (unpaired) electrons. The molecule has 1 heterocycles. The SMILES string of the molecule is O=S(=O)(F)c1cc(S(=O)(=O)N2CC[C@@H](F)C2)ccc1F. The number of sulfonamides is 1. The number of halogens is 3. The Morgan fingerprint density at radius 2 is 1.85 bits per heavy atom. The quantitative estimate of drug-likeness (QED) is 0.782. The molecule has 1 aromatic carbocycles. The molecule has 5 nitrogen and oxygen atoms in total. The van der Waals surface area contributed by atoms with Crippen LogP contribution < -0.4 is 0 Å². The highest BCUT2D eigenvalue weighted by Gasteiger charge is 2.33. The normalized spacial score (nSPS) is 21.2. The fraction of sp³-hybridized carbons (Fsp3) is 0.400. The highest BCUT2D eigenvalue weighted by molar-refractivity contribution is 7.89. The van der Waals surface area contributed by atoms with Gasteiger partial charge >= 0.3 is 10.2 Å². The topological polar surface area (TPSA) is 71.5 Å². The fourth-order valence-electron chi connectivity index (χ4n) is 1.89. The highest BCUT2D eigenvalue weighted by atomic mass is 32.3. The molecule has 20 heavy (non-hydrogen) atoms. The third-order valence-corrected chi connectivity index (χ3v) is 5.60. The molecule has 0 N–H and O–H groups in total. The van der Waals surface area contributed by atoms with Crippen LogP contribution in [0.15, 0.2) is 28.0 Å². The summed E-state index contributed by atoms with van der Waals surface area (Å²) in [5.74, 6) is -1.39. The van der Waals surface area contributed by atoms with E-state index in [9.17, 15) is 29.5 Å². The summed E-state index contributed by atoms with van der Waals surface area (Å²) >= 11 is 0. The van der Waals surface area contributed by atoms with Crippen LogP contribution in [0.5, 0.6) is 0 Å². The van der Waals surface area contributed by atoms with Gasteiger partial charge in [-0.05, 0) is 24.6 Å². The summed E-state index contributed by atoms with van der Waals surface area (Å²) in [7, 11) is -9.56. The van der Waals surface area contributed by atoms with Crippen LogP contribution in [0.2, 0.25) is 0 Å². The van der Waals surface area contributed by atoms with Crippen molar-refractivity contribution in [2.75, 3.05) is 13.1 Å². The van der Waals surface area contributed by atoms with Crippen molar-refractivity contribution in [2.24, 2.45) is 0 Å². The number of nitrogens with zero attached hydrogens (tertiary/aromatic N) is 1. The number of hydrogen-bond acceptors (Lipinski definition) is 4. The molecule has 1 aliphatic heterocycles. The van der Waals surface area contributed by atoms with E-state index < -0.39 is 42.0 Å². The van der Waals surface area contributed by atoms with Gasteiger partial charge in [0.05, 0.1) is 4.90 Å². The minimum absolute atomic E-state index is 0.0225. The van der Waals surface area contributed by atoms with Gasteiger partial charge in [0.15, 0.2) is 0 Å². The summed E-state index contributed by atoms with van der Waals surface area (Å²) in [4.78, 5) is -1.95. The Kier molecular flexibility index (Phi) is 3.82. The zero-order valence-electron chi connectivity index (χ0n) is 9.96. The summed E-state index contributed by atoms with van der Waals surface area (Å²) in [5.41, 5.74) is 0. The van der Waals surface area contributed by atoms with Gasteiger partial charge in [-0.3, -0.25) is 0 Å². The number of hydrogen-bond donors (Lipinski definition) is 0. The molecule has 0 bridgehead atoms. The van der Waals surface area contributed by atoms with Crippen molar-refractivity contribution >= 4 is 20.2 Å². The van der Waals surface area contributed by atoms with Gasteiger partial charge in [-0.25, -0.2) is 17.2 Å². The third kappa shape index (κ3) is 2.81. The Morgan fingerprint density at radius 3 is 2.35 bits per heavy atom. The summed E-state index contributed by atoms with van der Waals surface area (Å²) in [6.07, 6.45) is -1.29. The molecular weight excluding hydrogens is 319 g/mol. The maximum Gasteiger partial charge on any atom is 0.335 e. The van der Waals surface area contributed by atoms with Crippen molar-refractivity contribution in [3.63, 3.8) is 0 Å². The summed E-state index contributed by atoms with van der Waals surface area (Å²) in [6, 6.07) is 1.75. The molecule has 0 unspecified atom stereocenters. The smallest absolute Gasteiger partial charge is 0.246 e. The first-order valence-corrected chi connectivity index (χ1v) is 8.33. The van der Waals surface area contributed by atoms with Crippen LogP contribution in [0.4, 0.5) is 12.7 Å². The first-order valence-electron chi connectivity index (χ1n) is 5.51. The monoisotopic (exact) mass is 329 g/mol. The molecule has 1 aliphatic rings. The Balaban J connectivity index is 2.48. The van der Waals surface area contributed by atoms with Crippen molar-refractivity contribution in [3.05, 3.63) is 24.0 Å². The summed E-state index contributed by atoms with van der Waals surface area (Å²) in [6.45, 7) is -0.435. The van der Waals surface area contributed by atoms with Gasteiger partial charge in [0.25, 0.3) is 0 Å². The van der Waals surface area contributed by atoms with Crippen LogP contribution >= 0.6 is 0 Å². The van der Waals surface area contributed by atoms with Crippen LogP contribution in [0.1, 0.15) is 6.42 Å². The Hall–Kier alpha value is -1.13. The molecule has 0 saturated carbocycles. The standard InChI is InChI=1S/C10H10F3NO4S2/c11-7-3-4-14(6-7)20(17,18)8-1-2-9(12)10(5-8)19(13,15)16/h1-2,5,7H,3-4,6H2/t7-/m1/s1. The zero-order chi connectivity index (χ0) is 15.1. The molecule has 2 rings (SSSR count). The predicted molar refractivity (Wildman–Crippen MR) is 63.0 cm³/mol. The number of benzene rings is 1. The molecule has 1 fully saturated rings. The first kappa shape index (κ1) is 15.3. The van der Waals surface area contributed by atoms with Gasteiger partial charge in [0, 0.05) is 13.1 Å². The lowest BCUT2D eigenvalue weighted by Gasteiger charge is -2.15. The van der Waals surface area contributed by atoms with Crippen LogP contribution in [-0.2, 0) is 20.2 Å². The second-order valence-electron chi connectivity index (χ2n) is 4.28. The molecule has 1 saturated heterocycles. The van der Waals surface area contributed by atoms with Crippen molar-refractivity contribution in [1.29, 1.82) is 0 Å². The Morgan fingerprint density at radius 1 is 1.20 bits per heavy atom. The van der Waals surface area contributed by atoms with Crippen molar-refractivity contribution in [2.45, 2.75) is 22.4 Å². The average molecular weight is 329 g/mol. The predicted octanol–water partition coefficient (Wildman–Crippen LogP) is 1.22. The second-order valence-corrected chi connectivity index (χ2v) is 7.53. The zero-order valence-corrected chi connectivity index (χ0v) is 11.6. The molecule has 112 valence electrons. The van der Waals surface area contributed by atoms with Gasteiger partial charge in [-0.15, -0.1) is 3.89 Å². The van der Waals surface area contributed by atoms with Crippen LogP contribution in [0.3, 0.4) is 0 Å². The minimum atomic E-state index is -5.38. The van der Waals surface area contributed by atoms with Gasteiger partial charge in [0.2, 0.25) is 10.0 Å². The van der Waals surface area contributed by atoms with E-state index >= 15 is 0 Å². The Bertz CT molecular complexity index is 733. The largest absolute Gasteiger partial charge is 0.335 e. The maximum absolute atomic E-state index is 13.2. The molecule has 0 aliphatic carbocycles. The second kappa shape index (κ2) is 5.01. The van der Waals surface area contributed by atoms with Crippen LogP contribution in [-0.4, -0.2) is 40.4 Å². The highest BCUT2D eigenvalue weighted by Crippen LogP contribution is 2.26. The van der Waals surface area contributed by atoms with E-state index in [1.165, 1.54) is 0 Å².